The van der Waals surface area contributed by atoms with E-state index in [1.54, 1.807) is 24.4 Å². The minimum absolute atomic E-state index is 0.116. The minimum Gasteiger partial charge on any atom is -0.480 e. The van der Waals surface area contributed by atoms with Gasteiger partial charge in [-0.15, -0.1) is 0 Å². The third-order valence-electron chi connectivity index (χ3n) is 6.70. The highest BCUT2D eigenvalue weighted by Gasteiger charge is 2.33. The van der Waals surface area contributed by atoms with Crippen molar-refractivity contribution in [3.63, 3.8) is 0 Å². The molecular formula is C23H30ClN5O5. The number of carbonyl (C=O) groups excluding carboxylic acids is 1. The molecule has 2 aromatic rings. The number of benzene rings is 1. The summed E-state index contributed by atoms with van der Waals surface area (Å²) in [5.41, 5.74) is 1.13. The van der Waals surface area contributed by atoms with E-state index in [-0.39, 0.29) is 12.5 Å². The van der Waals surface area contributed by atoms with Crippen LogP contribution in [0.3, 0.4) is 0 Å². The largest absolute Gasteiger partial charge is 0.480 e. The lowest BCUT2D eigenvalue weighted by Gasteiger charge is -2.39. The fourth-order valence-corrected chi connectivity index (χ4v) is 4.97. The fourth-order valence-electron chi connectivity index (χ4n) is 4.80. The Balaban J connectivity index is 1.47. The second kappa shape index (κ2) is 10.3. The van der Waals surface area contributed by atoms with Crippen molar-refractivity contribution in [2.24, 2.45) is 0 Å². The predicted octanol–water partition coefficient (Wildman–Crippen LogP) is 0.897. The number of aromatic nitrogens is 1. The number of rotatable bonds is 7. The average Bonchev–Trinajstić information content (AvgIpc) is 3.11. The maximum Gasteiger partial charge on any atom is 0.325 e. The zero-order valence-corrected chi connectivity index (χ0v) is 19.9. The molecule has 2 aliphatic rings. The zero-order valence-electron chi connectivity index (χ0n) is 19.2. The fraction of sp³-hybridized carbons (Fsp3) is 0.522. The van der Waals surface area contributed by atoms with Gasteiger partial charge in [-0.1, -0.05) is 17.7 Å². The first-order valence-electron chi connectivity index (χ1n) is 11.4. The number of amides is 1. The highest BCUT2D eigenvalue weighted by molar-refractivity contribution is 6.31. The smallest absolute Gasteiger partial charge is 0.325 e. The Hall–Kier alpha value is -2.66. The summed E-state index contributed by atoms with van der Waals surface area (Å²) in [5.74, 6) is -1.90. The van der Waals surface area contributed by atoms with Crippen LogP contribution in [0, 0.1) is 0 Å². The number of piperazine rings is 2. The van der Waals surface area contributed by atoms with Crippen LogP contribution >= 0.6 is 11.6 Å². The molecule has 0 spiro atoms. The summed E-state index contributed by atoms with van der Waals surface area (Å²) in [6.07, 6.45) is 1.61. The molecule has 1 amide bonds. The molecule has 0 saturated carbocycles. The van der Waals surface area contributed by atoms with E-state index in [1.165, 1.54) is 4.57 Å². The molecule has 34 heavy (non-hydrogen) atoms. The van der Waals surface area contributed by atoms with Gasteiger partial charge in [-0.2, -0.15) is 0 Å². The molecule has 184 valence electrons. The molecule has 11 heteroatoms. The molecule has 2 saturated heterocycles. The first-order chi connectivity index (χ1) is 16.2. The number of carboxylic acid groups (broad SMARTS) is 2. The van der Waals surface area contributed by atoms with E-state index >= 15 is 0 Å². The van der Waals surface area contributed by atoms with Gasteiger partial charge in [-0.25, -0.2) is 0 Å². The van der Waals surface area contributed by atoms with Gasteiger partial charge in [0.15, 0.2) is 0 Å². The summed E-state index contributed by atoms with van der Waals surface area (Å²) in [4.78, 5) is 44.4. The maximum absolute atomic E-state index is 12.7. The number of nitrogens with zero attached hydrogens (tertiary/aromatic N) is 5. The van der Waals surface area contributed by atoms with Crippen molar-refractivity contribution in [1.29, 1.82) is 0 Å². The second-order valence-electron chi connectivity index (χ2n) is 9.00. The van der Waals surface area contributed by atoms with Crippen LogP contribution in [-0.2, 0) is 20.9 Å². The molecule has 0 radical (unpaired) electrons. The van der Waals surface area contributed by atoms with Gasteiger partial charge in [0.25, 0.3) is 0 Å². The Morgan fingerprint density at radius 1 is 0.971 bits per heavy atom. The Morgan fingerprint density at radius 3 is 2.26 bits per heavy atom. The monoisotopic (exact) mass is 491 g/mol. The van der Waals surface area contributed by atoms with Crippen molar-refractivity contribution in [2.45, 2.75) is 12.6 Å². The van der Waals surface area contributed by atoms with Gasteiger partial charge in [0.05, 0.1) is 12.1 Å². The Bertz CT molecular complexity index is 1070. The highest BCUT2D eigenvalue weighted by atomic mass is 35.5. The van der Waals surface area contributed by atoms with Crippen molar-refractivity contribution < 1.29 is 24.6 Å². The van der Waals surface area contributed by atoms with Gasteiger partial charge in [0, 0.05) is 74.5 Å². The molecule has 2 N–H and O–H groups in total. The van der Waals surface area contributed by atoms with Crippen LogP contribution < -0.4 is 0 Å². The third-order valence-corrected chi connectivity index (χ3v) is 6.93. The second-order valence-corrected chi connectivity index (χ2v) is 9.44. The Labute approximate surface area is 202 Å². The average molecular weight is 492 g/mol. The normalized spacial score (nSPS) is 19.4. The number of fused-ring (bicyclic) bond motifs is 1. The quantitative estimate of drug-likeness (QED) is 0.588. The van der Waals surface area contributed by atoms with Gasteiger partial charge in [-0.3, -0.25) is 24.2 Å². The van der Waals surface area contributed by atoms with E-state index in [2.05, 4.69) is 9.80 Å². The van der Waals surface area contributed by atoms with Crippen molar-refractivity contribution >= 4 is 40.3 Å². The van der Waals surface area contributed by atoms with E-state index in [1.807, 2.05) is 16.8 Å². The first-order valence-corrected chi connectivity index (χ1v) is 11.8. The number of likely N-dealkylation sites (N-methyl/N-ethyl adjacent to an activating group) is 1. The third kappa shape index (κ3) is 5.35. The highest BCUT2D eigenvalue weighted by Crippen LogP contribution is 2.33. The molecule has 2 aliphatic heterocycles. The lowest BCUT2D eigenvalue weighted by Crippen LogP contribution is -2.54. The van der Waals surface area contributed by atoms with Crippen LogP contribution in [0.15, 0.2) is 24.4 Å². The molecule has 2 fully saturated rings. The van der Waals surface area contributed by atoms with Gasteiger partial charge < -0.3 is 24.6 Å². The number of aliphatic carboxylic acids is 2. The van der Waals surface area contributed by atoms with Crippen molar-refractivity contribution in [3.8, 4) is 0 Å². The summed E-state index contributed by atoms with van der Waals surface area (Å²) < 4.78 is 1.53. The lowest BCUT2D eigenvalue weighted by atomic mass is 10.0. The van der Waals surface area contributed by atoms with E-state index < -0.39 is 18.0 Å². The van der Waals surface area contributed by atoms with Crippen LogP contribution in [-0.4, -0.2) is 118 Å². The molecule has 0 aliphatic carbocycles. The summed E-state index contributed by atoms with van der Waals surface area (Å²) in [7, 11) is 2.05. The number of carbonyl (C=O) groups is 3. The zero-order chi connectivity index (χ0) is 24.4. The van der Waals surface area contributed by atoms with E-state index in [0.29, 0.717) is 54.2 Å². The number of hydrogen-bond acceptors (Lipinski definition) is 6. The van der Waals surface area contributed by atoms with Crippen molar-refractivity contribution in [2.75, 3.05) is 66.0 Å². The van der Waals surface area contributed by atoms with E-state index in [9.17, 15) is 24.6 Å². The number of halogens is 1. The Kier molecular flexibility index (Phi) is 7.42. The van der Waals surface area contributed by atoms with E-state index in [4.69, 9.17) is 11.6 Å². The molecule has 1 aromatic carbocycles. The molecule has 1 atom stereocenters. The molecule has 0 bridgehead atoms. The van der Waals surface area contributed by atoms with E-state index in [0.717, 1.165) is 26.2 Å². The molecule has 3 heterocycles. The first kappa shape index (κ1) is 24.5. The summed E-state index contributed by atoms with van der Waals surface area (Å²) >= 11 is 6.12. The van der Waals surface area contributed by atoms with Gasteiger partial charge in [0.1, 0.15) is 12.6 Å². The van der Waals surface area contributed by atoms with Gasteiger partial charge in [0.2, 0.25) is 5.91 Å². The van der Waals surface area contributed by atoms with Crippen LogP contribution in [0.1, 0.15) is 11.6 Å². The van der Waals surface area contributed by atoms with Crippen LogP contribution in [0.25, 0.3) is 10.9 Å². The molecular weight excluding hydrogens is 462 g/mol. The maximum atomic E-state index is 12.7. The minimum atomic E-state index is -1.02. The van der Waals surface area contributed by atoms with Gasteiger partial charge in [-0.05, 0) is 19.2 Å². The molecule has 10 nitrogen and oxygen atoms in total. The van der Waals surface area contributed by atoms with Crippen LogP contribution in [0.2, 0.25) is 5.02 Å². The summed E-state index contributed by atoms with van der Waals surface area (Å²) in [6.45, 7) is 5.43. The van der Waals surface area contributed by atoms with Crippen molar-refractivity contribution in [1.82, 2.24) is 24.2 Å². The summed E-state index contributed by atoms with van der Waals surface area (Å²) in [6, 6.07) is 4.16. The lowest BCUT2D eigenvalue weighted by molar-refractivity contribution is -0.145. The Morgan fingerprint density at radius 2 is 1.65 bits per heavy atom. The topological polar surface area (TPSA) is 110 Å². The van der Waals surface area contributed by atoms with Crippen LogP contribution in [0.5, 0.6) is 0 Å². The molecule has 4 rings (SSSR count). The van der Waals surface area contributed by atoms with Crippen LogP contribution in [0.4, 0.5) is 0 Å². The summed E-state index contributed by atoms with van der Waals surface area (Å²) in [5, 5.41) is 20.5. The predicted molar refractivity (Wildman–Crippen MR) is 127 cm³/mol. The van der Waals surface area contributed by atoms with Gasteiger partial charge >= 0.3 is 11.9 Å². The molecule has 0 unspecified atom stereocenters. The number of hydrogen-bond donors (Lipinski definition) is 2. The number of carboxylic acids is 2. The SMILES string of the molecule is CN1CCN(C(=O)CN2CCN([C@H](C(=O)O)c3cn(CC(=O)O)c4cc(Cl)ccc34)CC2)CC1. The molecule has 1 aromatic heterocycles. The van der Waals surface area contributed by atoms with Crippen molar-refractivity contribution in [3.05, 3.63) is 35.0 Å². The standard InChI is InChI=1S/C23H30ClN5O5/c1-25-4-8-27(9-5-25)20(30)14-26-6-10-28(11-7-26)22(23(33)34)18-13-29(15-21(31)32)19-12-16(24)2-3-17(18)19/h2-3,12-13,22H,4-11,14-15H2,1H3,(H,31,32)(H,33,34)/t22-/m0/s1.